The molecule has 1 saturated carbocycles. The zero-order valence-corrected chi connectivity index (χ0v) is 13.8. The maximum atomic E-state index is 3.72. The van der Waals surface area contributed by atoms with E-state index in [2.05, 4.69) is 55.2 Å². The lowest BCUT2D eigenvalue weighted by Crippen LogP contribution is -2.26. The number of rotatable bonds is 10. The van der Waals surface area contributed by atoms with Crippen LogP contribution in [-0.2, 0) is 6.42 Å². The van der Waals surface area contributed by atoms with Gasteiger partial charge in [0.1, 0.15) is 0 Å². The van der Waals surface area contributed by atoms with Gasteiger partial charge in [-0.05, 0) is 68.6 Å². The maximum Gasteiger partial charge on any atom is 0.00683 e. The molecule has 1 N–H and O–H groups in total. The number of hydrogen-bond donors (Lipinski definition) is 1. The van der Waals surface area contributed by atoms with Gasteiger partial charge < -0.3 is 5.32 Å². The predicted molar refractivity (Wildman–Crippen MR) is 91.6 cm³/mol. The molecular formula is C18H29NS. The van der Waals surface area contributed by atoms with Gasteiger partial charge in [-0.2, -0.15) is 11.8 Å². The molecule has 0 aromatic heterocycles. The second-order valence-corrected chi connectivity index (χ2v) is 7.47. The summed E-state index contributed by atoms with van der Waals surface area (Å²) < 4.78 is 0. The van der Waals surface area contributed by atoms with E-state index >= 15 is 0 Å². The van der Waals surface area contributed by atoms with Crippen LogP contribution in [0.5, 0.6) is 0 Å². The van der Waals surface area contributed by atoms with Gasteiger partial charge in [-0.3, -0.25) is 0 Å². The van der Waals surface area contributed by atoms with Crippen molar-refractivity contribution in [2.75, 3.05) is 18.1 Å². The van der Waals surface area contributed by atoms with E-state index in [1.807, 2.05) is 0 Å². The van der Waals surface area contributed by atoms with Gasteiger partial charge in [-0.15, -0.1) is 0 Å². The number of nitrogens with one attached hydrogen (secondary N) is 1. The van der Waals surface area contributed by atoms with Crippen molar-refractivity contribution in [1.82, 2.24) is 5.32 Å². The number of aryl methyl sites for hydroxylation is 1. The fourth-order valence-corrected chi connectivity index (χ4v) is 3.23. The van der Waals surface area contributed by atoms with E-state index in [0.29, 0.717) is 0 Å². The third kappa shape index (κ3) is 6.32. The van der Waals surface area contributed by atoms with Crippen LogP contribution in [0.25, 0.3) is 0 Å². The van der Waals surface area contributed by atoms with Crippen molar-refractivity contribution >= 4 is 11.8 Å². The van der Waals surface area contributed by atoms with Gasteiger partial charge in [0.15, 0.2) is 0 Å². The third-order valence-corrected chi connectivity index (χ3v) is 5.01. The highest BCUT2D eigenvalue weighted by atomic mass is 32.2. The zero-order valence-electron chi connectivity index (χ0n) is 13.0. The standard InChI is InChI=1S/C18H29NS/c1-3-20-12-4-5-17(14-19-18-10-11-18)13-16-8-6-15(2)7-9-16/h6-9,17-19H,3-5,10-14H2,1-2H3. The van der Waals surface area contributed by atoms with Crippen LogP contribution in [-0.4, -0.2) is 24.1 Å². The Morgan fingerprint density at radius 2 is 2.00 bits per heavy atom. The summed E-state index contributed by atoms with van der Waals surface area (Å²) in [6.45, 7) is 5.62. The van der Waals surface area contributed by atoms with Crippen LogP contribution in [0, 0.1) is 12.8 Å². The molecule has 1 fully saturated rings. The maximum absolute atomic E-state index is 3.72. The summed E-state index contributed by atoms with van der Waals surface area (Å²) in [6.07, 6.45) is 6.74. The molecule has 1 aromatic rings. The Hall–Kier alpha value is -0.470. The molecule has 1 nitrogen and oxygen atoms in total. The van der Waals surface area contributed by atoms with E-state index in [1.165, 1.54) is 61.3 Å². The Morgan fingerprint density at radius 1 is 1.25 bits per heavy atom. The quantitative estimate of drug-likeness (QED) is 0.640. The molecule has 1 aliphatic carbocycles. The highest BCUT2D eigenvalue weighted by Crippen LogP contribution is 2.21. The van der Waals surface area contributed by atoms with Crippen molar-refractivity contribution in [2.24, 2.45) is 5.92 Å². The first-order chi connectivity index (χ1) is 9.78. The Balaban J connectivity index is 1.78. The lowest BCUT2D eigenvalue weighted by Gasteiger charge is -2.18. The molecule has 1 unspecified atom stereocenters. The first kappa shape index (κ1) is 15.9. The van der Waals surface area contributed by atoms with Crippen LogP contribution in [0.1, 0.15) is 43.7 Å². The highest BCUT2D eigenvalue weighted by molar-refractivity contribution is 7.99. The van der Waals surface area contributed by atoms with Crippen molar-refractivity contribution in [3.05, 3.63) is 35.4 Å². The molecule has 0 heterocycles. The smallest absolute Gasteiger partial charge is 0.00683 e. The Bertz CT molecular complexity index is 370. The molecular weight excluding hydrogens is 262 g/mol. The van der Waals surface area contributed by atoms with Gasteiger partial charge in [-0.25, -0.2) is 0 Å². The summed E-state index contributed by atoms with van der Waals surface area (Å²) in [5, 5.41) is 3.72. The van der Waals surface area contributed by atoms with E-state index in [1.54, 1.807) is 0 Å². The summed E-state index contributed by atoms with van der Waals surface area (Å²) in [7, 11) is 0. The summed E-state index contributed by atoms with van der Waals surface area (Å²) in [4.78, 5) is 0. The Morgan fingerprint density at radius 3 is 2.65 bits per heavy atom. The molecule has 0 saturated heterocycles. The molecule has 1 aliphatic rings. The van der Waals surface area contributed by atoms with Crippen LogP contribution >= 0.6 is 11.8 Å². The number of hydrogen-bond acceptors (Lipinski definition) is 2. The van der Waals surface area contributed by atoms with Crippen molar-refractivity contribution in [1.29, 1.82) is 0 Å². The molecule has 1 aromatic carbocycles. The normalized spacial score (nSPS) is 16.3. The van der Waals surface area contributed by atoms with Gasteiger partial charge in [0.2, 0.25) is 0 Å². The molecule has 2 heteroatoms. The fraction of sp³-hybridized carbons (Fsp3) is 0.667. The summed E-state index contributed by atoms with van der Waals surface area (Å²) in [5.74, 6) is 3.38. The van der Waals surface area contributed by atoms with Gasteiger partial charge >= 0.3 is 0 Å². The minimum Gasteiger partial charge on any atom is -0.314 e. The Kier molecular flexibility index (Phi) is 6.95. The van der Waals surface area contributed by atoms with Gasteiger partial charge in [0.25, 0.3) is 0 Å². The minimum atomic E-state index is 0.802. The number of thioether (sulfide) groups is 1. The van der Waals surface area contributed by atoms with Gasteiger partial charge in [-0.1, -0.05) is 36.8 Å². The third-order valence-electron chi connectivity index (χ3n) is 4.02. The average Bonchev–Trinajstić information content (AvgIpc) is 3.27. The van der Waals surface area contributed by atoms with Gasteiger partial charge in [0.05, 0.1) is 0 Å². The van der Waals surface area contributed by atoms with E-state index < -0.39 is 0 Å². The SMILES string of the molecule is CCSCCCC(CNC1CC1)Cc1ccc(C)cc1. The zero-order chi connectivity index (χ0) is 14.2. The largest absolute Gasteiger partial charge is 0.314 e. The second kappa shape index (κ2) is 8.74. The molecule has 1 atom stereocenters. The summed E-state index contributed by atoms with van der Waals surface area (Å²) in [5.41, 5.74) is 2.86. The molecule has 0 aliphatic heterocycles. The predicted octanol–water partition coefficient (Wildman–Crippen LogP) is 4.44. The lowest BCUT2D eigenvalue weighted by molar-refractivity contribution is 0.438. The molecule has 20 heavy (non-hydrogen) atoms. The first-order valence-corrected chi connectivity index (χ1v) is 9.30. The van der Waals surface area contributed by atoms with Crippen molar-refractivity contribution < 1.29 is 0 Å². The molecule has 0 radical (unpaired) electrons. The van der Waals surface area contributed by atoms with Crippen LogP contribution in [0.3, 0.4) is 0 Å². The second-order valence-electron chi connectivity index (χ2n) is 6.08. The summed E-state index contributed by atoms with van der Waals surface area (Å²) in [6, 6.07) is 9.93. The molecule has 0 amide bonds. The molecule has 0 bridgehead atoms. The first-order valence-electron chi connectivity index (χ1n) is 8.14. The van der Waals surface area contributed by atoms with Gasteiger partial charge in [0, 0.05) is 6.04 Å². The summed E-state index contributed by atoms with van der Waals surface area (Å²) >= 11 is 2.07. The lowest BCUT2D eigenvalue weighted by atomic mass is 9.94. The highest BCUT2D eigenvalue weighted by Gasteiger charge is 2.21. The van der Waals surface area contributed by atoms with Crippen LogP contribution < -0.4 is 5.32 Å². The van der Waals surface area contributed by atoms with Crippen molar-refractivity contribution in [3.63, 3.8) is 0 Å². The average molecular weight is 292 g/mol. The van der Waals surface area contributed by atoms with Crippen LogP contribution in [0.15, 0.2) is 24.3 Å². The monoisotopic (exact) mass is 291 g/mol. The van der Waals surface area contributed by atoms with Crippen molar-refractivity contribution in [2.45, 2.75) is 52.0 Å². The van der Waals surface area contributed by atoms with E-state index in [4.69, 9.17) is 0 Å². The van der Waals surface area contributed by atoms with E-state index in [9.17, 15) is 0 Å². The fourth-order valence-electron chi connectivity index (χ4n) is 2.57. The molecule has 112 valence electrons. The van der Waals surface area contributed by atoms with Crippen molar-refractivity contribution in [3.8, 4) is 0 Å². The topological polar surface area (TPSA) is 12.0 Å². The van der Waals surface area contributed by atoms with Crippen LogP contribution in [0.4, 0.5) is 0 Å². The Labute approximate surface area is 128 Å². The minimum absolute atomic E-state index is 0.802. The van der Waals surface area contributed by atoms with Crippen LogP contribution in [0.2, 0.25) is 0 Å². The van der Waals surface area contributed by atoms with E-state index in [0.717, 1.165) is 12.0 Å². The molecule has 2 rings (SSSR count). The number of benzene rings is 1. The molecule has 0 spiro atoms. The van der Waals surface area contributed by atoms with E-state index in [-0.39, 0.29) is 0 Å².